The van der Waals surface area contributed by atoms with Gasteiger partial charge < -0.3 is 0 Å². The molecule has 1 aromatic heterocycles. The van der Waals surface area contributed by atoms with Crippen LogP contribution in [0.3, 0.4) is 0 Å². The molecule has 92 valence electrons. The molecule has 0 fully saturated rings. The largest absolute Gasteiger partial charge is 0.279 e. The predicted octanol–water partition coefficient (Wildman–Crippen LogP) is 4.48. The monoisotopic (exact) mass is 377 g/mol. The van der Waals surface area contributed by atoms with Crippen LogP contribution in [0.4, 0.5) is 5.69 Å². The van der Waals surface area contributed by atoms with Gasteiger partial charge in [-0.1, -0.05) is 58.0 Å². The molecule has 1 unspecified atom stereocenters. The Morgan fingerprint density at radius 3 is 2.19 bits per heavy atom. The van der Waals surface area contributed by atoms with E-state index in [9.17, 15) is 4.21 Å². The summed E-state index contributed by atoms with van der Waals surface area (Å²) in [5, 5.41) is 0. The molecule has 0 aliphatic rings. The van der Waals surface area contributed by atoms with Gasteiger partial charge in [-0.15, -0.1) is 11.3 Å². The molecule has 10 heteroatoms. The normalized spacial score (nSPS) is 15.9. The van der Waals surface area contributed by atoms with Gasteiger partial charge in [-0.05, 0) is 6.07 Å². The van der Waals surface area contributed by atoms with E-state index < -0.39 is 12.6 Å². The fourth-order valence-corrected chi connectivity index (χ4v) is 5.80. The summed E-state index contributed by atoms with van der Waals surface area (Å²) in [5.74, 6) is 0. The molecule has 1 atom stereocenters. The van der Waals surface area contributed by atoms with Crippen LogP contribution in [-0.2, 0) is 19.9 Å². The number of hydrogen-bond donors (Lipinski definition) is 0. The Balaban J connectivity index is 3.40. The standard InChI is InChI=1S/C6H4Cl5NOS3/c1-16(13,14)12(6(9,10)11)3-2-4(7)15-5(3)8/h2H,1H3. The van der Waals surface area contributed by atoms with Crippen LogP contribution in [-0.4, -0.2) is 14.4 Å². The lowest BCUT2D eigenvalue weighted by atomic mass is 10.5. The molecule has 0 saturated heterocycles. The molecule has 0 aromatic carbocycles. The van der Waals surface area contributed by atoms with E-state index in [-0.39, 0.29) is 10.0 Å². The van der Waals surface area contributed by atoms with Gasteiger partial charge in [0.1, 0.15) is 13.0 Å². The van der Waals surface area contributed by atoms with Crippen LogP contribution in [0.5, 0.6) is 0 Å². The van der Waals surface area contributed by atoms with Crippen LogP contribution in [0, 0.1) is 0 Å². The molecule has 0 bridgehead atoms. The van der Waals surface area contributed by atoms with Gasteiger partial charge in [0.15, 0.2) is 0 Å². The van der Waals surface area contributed by atoms with Gasteiger partial charge in [-0.25, -0.2) is 8.51 Å². The van der Waals surface area contributed by atoms with Crippen LogP contribution in [0.25, 0.3) is 0 Å². The minimum atomic E-state index is -2.95. The molecular weight excluding hydrogens is 376 g/mol. The lowest BCUT2D eigenvalue weighted by Gasteiger charge is -2.30. The van der Waals surface area contributed by atoms with Crippen LogP contribution < -0.4 is 4.31 Å². The average molecular weight is 380 g/mol. The number of thiophene rings is 1. The first-order valence-corrected chi connectivity index (χ1v) is 9.11. The van der Waals surface area contributed by atoms with Gasteiger partial charge in [0.25, 0.3) is 3.92 Å². The first-order valence-electron chi connectivity index (χ1n) is 3.55. The van der Waals surface area contributed by atoms with Gasteiger partial charge >= 0.3 is 0 Å². The highest BCUT2D eigenvalue weighted by molar-refractivity contribution is 8.33. The lowest BCUT2D eigenvalue weighted by Crippen LogP contribution is -2.39. The molecule has 0 amide bonds. The van der Waals surface area contributed by atoms with Crippen LogP contribution >= 0.6 is 69.3 Å². The first kappa shape index (κ1) is 15.4. The molecule has 0 N–H and O–H groups in total. The van der Waals surface area contributed by atoms with Crippen molar-refractivity contribution < 1.29 is 4.21 Å². The highest BCUT2D eigenvalue weighted by Crippen LogP contribution is 2.45. The molecule has 1 aromatic rings. The predicted molar refractivity (Wildman–Crippen MR) is 78.5 cm³/mol. The van der Waals surface area contributed by atoms with Crippen molar-refractivity contribution in [2.45, 2.75) is 3.92 Å². The Bertz CT molecular complexity index is 491. The summed E-state index contributed by atoms with van der Waals surface area (Å²) >= 11 is 34.7. The minimum Gasteiger partial charge on any atom is -0.242 e. The summed E-state index contributed by atoms with van der Waals surface area (Å²) in [4.78, 5) is 0. The van der Waals surface area contributed by atoms with Crippen molar-refractivity contribution in [3.63, 3.8) is 0 Å². The van der Waals surface area contributed by atoms with Gasteiger partial charge in [0, 0.05) is 17.4 Å². The average Bonchev–Trinajstić information content (AvgIpc) is 2.23. The molecule has 0 aliphatic carbocycles. The molecule has 0 radical (unpaired) electrons. The molecule has 0 aliphatic heterocycles. The SMILES string of the molecule is CS(=O)(=S)N(c1cc(Cl)sc1Cl)C(Cl)(Cl)Cl. The van der Waals surface area contributed by atoms with E-state index in [4.69, 9.17) is 69.2 Å². The fraction of sp³-hybridized carbons (Fsp3) is 0.333. The fourth-order valence-electron chi connectivity index (χ4n) is 0.973. The number of hydrogen-bond acceptors (Lipinski definition) is 3. The molecule has 1 heterocycles. The van der Waals surface area contributed by atoms with Gasteiger partial charge in [0.05, 0.1) is 10.0 Å². The zero-order valence-electron chi connectivity index (χ0n) is 7.55. The molecule has 1 rings (SSSR count). The second-order valence-electron chi connectivity index (χ2n) is 2.70. The molecule has 0 spiro atoms. The summed E-state index contributed by atoms with van der Waals surface area (Å²) in [5.41, 5.74) is 0.249. The first-order chi connectivity index (χ1) is 7.03. The second kappa shape index (κ2) is 5.13. The van der Waals surface area contributed by atoms with Gasteiger partial charge in [-0.3, -0.25) is 0 Å². The molecular formula is C6H4Cl5NOS3. The lowest BCUT2D eigenvalue weighted by molar-refractivity contribution is 0.682. The number of halogens is 5. The summed E-state index contributed by atoms with van der Waals surface area (Å²) in [6.45, 7) is 0. The van der Waals surface area contributed by atoms with Crippen LogP contribution in [0.15, 0.2) is 6.07 Å². The van der Waals surface area contributed by atoms with Crippen molar-refractivity contribution >= 4 is 94.9 Å². The maximum Gasteiger partial charge on any atom is 0.279 e. The number of alkyl halides is 3. The molecule has 0 saturated carbocycles. The number of rotatable bonds is 2. The minimum absolute atomic E-state index is 0.249. The summed E-state index contributed by atoms with van der Waals surface area (Å²) < 4.78 is 11.5. The highest BCUT2D eigenvalue weighted by Gasteiger charge is 2.37. The maximum atomic E-state index is 11.9. The molecule has 2 nitrogen and oxygen atoms in total. The van der Waals surface area contributed by atoms with E-state index >= 15 is 0 Å². The topological polar surface area (TPSA) is 20.3 Å². The number of nitrogens with zero attached hydrogens (tertiary/aromatic N) is 1. The third-order valence-corrected chi connectivity index (χ3v) is 5.28. The van der Waals surface area contributed by atoms with Crippen LogP contribution in [0.2, 0.25) is 8.67 Å². The Morgan fingerprint density at radius 1 is 1.44 bits per heavy atom. The Labute approximate surface area is 127 Å². The summed E-state index contributed by atoms with van der Waals surface area (Å²) in [6, 6.07) is 1.45. The smallest absolute Gasteiger partial charge is 0.242 e. The van der Waals surface area contributed by atoms with Crippen molar-refractivity contribution in [2.24, 2.45) is 0 Å². The zero-order chi connectivity index (χ0) is 12.7. The summed E-state index contributed by atoms with van der Waals surface area (Å²) in [6.07, 6.45) is 1.27. The van der Waals surface area contributed by atoms with Crippen LogP contribution in [0.1, 0.15) is 0 Å². The van der Waals surface area contributed by atoms with Crippen molar-refractivity contribution in [3.8, 4) is 0 Å². The Morgan fingerprint density at radius 2 is 1.94 bits per heavy atom. The van der Waals surface area contributed by atoms with E-state index in [1.165, 1.54) is 12.3 Å². The Kier molecular flexibility index (Phi) is 4.93. The van der Waals surface area contributed by atoms with E-state index in [0.29, 0.717) is 4.34 Å². The third-order valence-electron chi connectivity index (χ3n) is 1.42. The van der Waals surface area contributed by atoms with E-state index in [1.54, 1.807) is 0 Å². The maximum absolute atomic E-state index is 11.9. The quantitative estimate of drug-likeness (QED) is 0.558. The number of anilines is 1. The van der Waals surface area contributed by atoms with Crippen molar-refractivity contribution in [1.29, 1.82) is 0 Å². The van der Waals surface area contributed by atoms with Gasteiger partial charge in [0.2, 0.25) is 0 Å². The van der Waals surface area contributed by atoms with E-state index in [1.807, 2.05) is 0 Å². The summed E-state index contributed by atoms with van der Waals surface area (Å²) in [7, 11) is -2.95. The highest BCUT2D eigenvalue weighted by atomic mass is 35.6. The third kappa shape index (κ3) is 3.65. The van der Waals surface area contributed by atoms with Crippen molar-refractivity contribution in [1.82, 2.24) is 0 Å². The second-order valence-corrected chi connectivity index (χ2v) is 10.9. The van der Waals surface area contributed by atoms with E-state index in [0.717, 1.165) is 15.6 Å². The molecule has 16 heavy (non-hydrogen) atoms. The van der Waals surface area contributed by atoms with Gasteiger partial charge in [-0.2, -0.15) is 0 Å². The Hall–Kier alpha value is 1.32. The van der Waals surface area contributed by atoms with Crippen molar-refractivity contribution in [3.05, 3.63) is 14.7 Å². The zero-order valence-corrected chi connectivity index (χ0v) is 13.8. The van der Waals surface area contributed by atoms with Crippen molar-refractivity contribution in [2.75, 3.05) is 10.6 Å². The van der Waals surface area contributed by atoms with E-state index in [2.05, 4.69) is 0 Å².